The minimum Gasteiger partial charge on any atom is -0.370 e. The molecule has 1 heterocycles. The van der Waals surface area contributed by atoms with Crippen LogP contribution in [0.2, 0.25) is 0 Å². The zero-order valence-corrected chi connectivity index (χ0v) is 11.3. The second-order valence-electron chi connectivity index (χ2n) is 5.28. The number of rotatable bonds is 3. The molecule has 0 saturated heterocycles. The summed E-state index contributed by atoms with van der Waals surface area (Å²) in [5.74, 6) is 1.90. The Hall–Kier alpha value is -1.12. The van der Waals surface area contributed by atoms with E-state index in [1.165, 1.54) is 0 Å². The van der Waals surface area contributed by atoms with Gasteiger partial charge in [0.25, 0.3) is 0 Å². The van der Waals surface area contributed by atoms with Gasteiger partial charge in [-0.15, -0.1) is 0 Å². The van der Waals surface area contributed by atoms with Crippen molar-refractivity contribution < 1.29 is 0 Å². The van der Waals surface area contributed by atoms with E-state index in [1.807, 2.05) is 6.92 Å². The summed E-state index contributed by atoms with van der Waals surface area (Å²) < 4.78 is 0. The maximum Gasteiger partial charge on any atom is 0.136 e. The molecule has 0 spiro atoms. The smallest absolute Gasteiger partial charge is 0.136 e. The lowest BCUT2D eigenvalue weighted by molar-refractivity contribution is 0.543. The van der Waals surface area contributed by atoms with E-state index in [4.69, 9.17) is 0 Å². The van der Waals surface area contributed by atoms with Crippen LogP contribution in [0.15, 0.2) is 0 Å². The second-order valence-corrected chi connectivity index (χ2v) is 5.28. The van der Waals surface area contributed by atoms with Gasteiger partial charge in [-0.1, -0.05) is 27.7 Å². The molecule has 1 aromatic heterocycles. The molecule has 0 amide bonds. The van der Waals surface area contributed by atoms with Crippen LogP contribution in [0.25, 0.3) is 0 Å². The summed E-state index contributed by atoms with van der Waals surface area (Å²) in [6.07, 6.45) is 1.10. The Morgan fingerprint density at radius 1 is 1.12 bits per heavy atom. The third-order valence-corrected chi connectivity index (χ3v) is 2.60. The minimum atomic E-state index is 0.00110. The molecule has 16 heavy (non-hydrogen) atoms. The summed E-state index contributed by atoms with van der Waals surface area (Å²) in [5.41, 5.74) is 2.22. The average molecular weight is 221 g/mol. The van der Waals surface area contributed by atoms with Crippen LogP contribution in [0.5, 0.6) is 0 Å². The maximum atomic E-state index is 4.62. The third-order valence-electron chi connectivity index (χ3n) is 2.60. The van der Waals surface area contributed by atoms with Crippen LogP contribution in [0.3, 0.4) is 0 Å². The fourth-order valence-corrected chi connectivity index (χ4v) is 1.38. The molecule has 0 aliphatic heterocycles. The first-order valence-electron chi connectivity index (χ1n) is 5.96. The molecular weight excluding hydrogens is 198 g/mol. The summed E-state index contributed by atoms with van der Waals surface area (Å²) in [4.78, 5) is 9.18. The maximum absolute atomic E-state index is 4.62. The summed E-state index contributed by atoms with van der Waals surface area (Å²) in [6, 6.07) is 0. The van der Waals surface area contributed by atoms with Crippen molar-refractivity contribution in [2.45, 2.75) is 53.4 Å². The lowest BCUT2D eigenvalue weighted by Gasteiger charge is -2.20. The molecule has 3 heteroatoms. The van der Waals surface area contributed by atoms with Crippen LogP contribution >= 0.6 is 0 Å². The molecule has 0 fully saturated rings. The van der Waals surface area contributed by atoms with Gasteiger partial charge >= 0.3 is 0 Å². The van der Waals surface area contributed by atoms with Gasteiger partial charge in [0, 0.05) is 23.2 Å². The van der Waals surface area contributed by atoms with E-state index in [0.29, 0.717) is 0 Å². The van der Waals surface area contributed by atoms with Crippen LogP contribution in [0.1, 0.15) is 51.2 Å². The topological polar surface area (TPSA) is 37.8 Å². The Kier molecular flexibility index (Phi) is 3.89. The molecule has 0 aliphatic carbocycles. The van der Waals surface area contributed by atoms with E-state index in [0.717, 1.165) is 35.9 Å². The van der Waals surface area contributed by atoms with Gasteiger partial charge in [-0.3, -0.25) is 0 Å². The molecule has 0 aromatic carbocycles. The third kappa shape index (κ3) is 2.94. The number of aryl methyl sites for hydroxylation is 1. The van der Waals surface area contributed by atoms with Crippen LogP contribution < -0.4 is 5.32 Å². The molecule has 0 saturated carbocycles. The SMILES string of the molecule is CCCNc1nc(C(C)(C)C)nc(C)c1C. The predicted octanol–water partition coefficient (Wildman–Crippen LogP) is 3.21. The number of nitrogens with zero attached hydrogens (tertiary/aromatic N) is 2. The first-order chi connectivity index (χ1) is 7.36. The van der Waals surface area contributed by atoms with Gasteiger partial charge in [-0.25, -0.2) is 9.97 Å². The van der Waals surface area contributed by atoms with E-state index < -0.39 is 0 Å². The van der Waals surface area contributed by atoms with E-state index in [1.54, 1.807) is 0 Å². The molecule has 0 atom stereocenters. The van der Waals surface area contributed by atoms with Gasteiger partial charge in [0.15, 0.2) is 0 Å². The lowest BCUT2D eigenvalue weighted by Crippen LogP contribution is -2.19. The Bertz CT molecular complexity index is 364. The van der Waals surface area contributed by atoms with Gasteiger partial charge in [0.05, 0.1) is 0 Å². The van der Waals surface area contributed by atoms with Crippen molar-refractivity contribution in [1.29, 1.82) is 0 Å². The Labute approximate surface area is 98.7 Å². The Balaban J connectivity index is 3.12. The van der Waals surface area contributed by atoms with E-state index in [2.05, 4.69) is 49.9 Å². The first kappa shape index (κ1) is 12.9. The number of anilines is 1. The normalized spacial score (nSPS) is 11.6. The lowest BCUT2D eigenvalue weighted by atomic mass is 9.95. The molecule has 90 valence electrons. The second kappa shape index (κ2) is 4.81. The number of hydrogen-bond donors (Lipinski definition) is 1. The van der Waals surface area contributed by atoms with Gasteiger partial charge in [-0.05, 0) is 20.3 Å². The molecule has 1 rings (SSSR count). The van der Waals surface area contributed by atoms with Crippen LogP contribution in [-0.2, 0) is 5.41 Å². The molecule has 0 bridgehead atoms. The van der Waals surface area contributed by atoms with Crippen molar-refractivity contribution in [1.82, 2.24) is 9.97 Å². The van der Waals surface area contributed by atoms with Gasteiger partial charge in [-0.2, -0.15) is 0 Å². The predicted molar refractivity (Wildman–Crippen MR) is 69.0 cm³/mol. The Morgan fingerprint density at radius 2 is 1.75 bits per heavy atom. The van der Waals surface area contributed by atoms with Gasteiger partial charge in [0.1, 0.15) is 11.6 Å². The van der Waals surface area contributed by atoms with Crippen molar-refractivity contribution in [3.05, 3.63) is 17.1 Å². The quantitative estimate of drug-likeness (QED) is 0.851. The number of aromatic nitrogens is 2. The van der Waals surface area contributed by atoms with Crippen LogP contribution in [0.4, 0.5) is 5.82 Å². The molecule has 0 aliphatic rings. The highest BCUT2D eigenvalue weighted by atomic mass is 15.0. The molecular formula is C13H23N3. The van der Waals surface area contributed by atoms with Crippen molar-refractivity contribution in [3.63, 3.8) is 0 Å². The highest BCUT2D eigenvalue weighted by molar-refractivity contribution is 5.45. The molecule has 1 aromatic rings. The minimum absolute atomic E-state index is 0.00110. The molecule has 0 unspecified atom stereocenters. The summed E-state index contributed by atoms with van der Waals surface area (Å²) in [7, 11) is 0. The van der Waals surface area contributed by atoms with Gasteiger partial charge < -0.3 is 5.32 Å². The van der Waals surface area contributed by atoms with Gasteiger partial charge in [0.2, 0.25) is 0 Å². The highest BCUT2D eigenvalue weighted by Crippen LogP contribution is 2.23. The fourth-order valence-electron chi connectivity index (χ4n) is 1.38. The largest absolute Gasteiger partial charge is 0.370 e. The van der Waals surface area contributed by atoms with E-state index >= 15 is 0 Å². The average Bonchev–Trinajstić information content (AvgIpc) is 2.18. The van der Waals surface area contributed by atoms with Crippen molar-refractivity contribution in [2.75, 3.05) is 11.9 Å². The number of hydrogen-bond acceptors (Lipinski definition) is 3. The van der Waals surface area contributed by atoms with E-state index in [9.17, 15) is 0 Å². The summed E-state index contributed by atoms with van der Waals surface area (Å²) in [5, 5.41) is 3.36. The highest BCUT2D eigenvalue weighted by Gasteiger charge is 2.19. The van der Waals surface area contributed by atoms with Crippen molar-refractivity contribution >= 4 is 5.82 Å². The zero-order chi connectivity index (χ0) is 12.3. The van der Waals surface area contributed by atoms with Crippen LogP contribution in [-0.4, -0.2) is 16.5 Å². The summed E-state index contributed by atoms with van der Waals surface area (Å²) >= 11 is 0. The van der Waals surface area contributed by atoms with Crippen molar-refractivity contribution in [3.8, 4) is 0 Å². The monoisotopic (exact) mass is 221 g/mol. The van der Waals surface area contributed by atoms with Crippen LogP contribution in [0, 0.1) is 13.8 Å². The Morgan fingerprint density at radius 3 is 2.25 bits per heavy atom. The standard InChI is InChI=1S/C13H23N3/c1-7-8-14-11-9(2)10(3)15-12(16-11)13(4,5)6/h7-8H2,1-6H3,(H,14,15,16). The zero-order valence-electron chi connectivity index (χ0n) is 11.3. The first-order valence-corrected chi connectivity index (χ1v) is 5.96. The molecule has 1 N–H and O–H groups in total. The van der Waals surface area contributed by atoms with E-state index in [-0.39, 0.29) is 5.41 Å². The van der Waals surface area contributed by atoms with Crippen molar-refractivity contribution in [2.24, 2.45) is 0 Å². The number of nitrogens with one attached hydrogen (secondary N) is 1. The fraction of sp³-hybridized carbons (Fsp3) is 0.692. The molecule has 3 nitrogen and oxygen atoms in total. The summed E-state index contributed by atoms with van der Waals surface area (Å²) in [6.45, 7) is 13.6. The molecule has 0 radical (unpaired) electrons.